The fourth-order valence-electron chi connectivity index (χ4n) is 1.37. The Morgan fingerprint density at radius 3 is 2.84 bits per heavy atom. The van der Waals surface area contributed by atoms with Crippen LogP contribution in [0.1, 0.15) is 20.8 Å². The smallest absolute Gasteiger partial charge is 0.412 e. The fourth-order valence-corrected chi connectivity index (χ4v) is 1.54. The molecule has 0 radical (unpaired) electrons. The third kappa shape index (κ3) is 2.84. The van der Waals surface area contributed by atoms with Gasteiger partial charge in [0, 0.05) is 0 Å². The van der Waals surface area contributed by atoms with E-state index in [1.165, 1.54) is 6.33 Å². The number of amides is 1. The molecule has 0 saturated carbocycles. The minimum atomic E-state index is -0.709. The number of halogens is 1. The number of ether oxygens (including phenoxy) is 1. The molecular weight excluding hydrogens is 274 g/mol. The first kappa shape index (κ1) is 13.3. The van der Waals surface area contributed by atoms with Gasteiger partial charge in [-0.2, -0.15) is 5.10 Å². The van der Waals surface area contributed by atoms with Crippen LogP contribution in [0.5, 0.6) is 0 Å². The van der Waals surface area contributed by atoms with Crippen LogP contribution in [-0.4, -0.2) is 31.3 Å². The Hall–Kier alpha value is -2.09. The van der Waals surface area contributed by atoms with Crippen molar-refractivity contribution in [1.29, 1.82) is 0 Å². The van der Waals surface area contributed by atoms with Crippen molar-refractivity contribution in [2.45, 2.75) is 26.4 Å². The molecule has 8 nitrogen and oxygen atoms in total. The molecule has 0 aromatic carbocycles. The van der Waals surface area contributed by atoms with E-state index < -0.39 is 17.4 Å². The average Bonchev–Trinajstić information content (AvgIpc) is 2.62. The van der Waals surface area contributed by atoms with Crippen LogP contribution in [0.15, 0.2) is 11.1 Å². The van der Waals surface area contributed by atoms with Crippen LogP contribution in [0.3, 0.4) is 0 Å². The summed E-state index contributed by atoms with van der Waals surface area (Å²) in [7, 11) is 0. The van der Waals surface area contributed by atoms with Gasteiger partial charge in [-0.05, 0) is 20.8 Å². The van der Waals surface area contributed by atoms with Crippen LogP contribution in [-0.2, 0) is 4.74 Å². The molecule has 2 rings (SSSR count). The van der Waals surface area contributed by atoms with Crippen LogP contribution in [0, 0.1) is 0 Å². The molecule has 2 N–H and O–H groups in total. The summed E-state index contributed by atoms with van der Waals surface area (Å²) in [5, 5.41) is 8.43. The highest BCUT2D eigenvalue weighted by atomic mass is 35.5. The largest absolute Gasteiger partial charge is 0.444 e. The summed E-state index contributed by atoms with van der Waals surface area (Å²) < 4.78 is 6.21. The van der Waals surface area contributed by atoms with Crippen LogP contribution < -0.4 is 11.0 Å². The maximum absolute atomic E-state index is 11.7. The highest BCUT2D eigenvalue weighted by Crippen LogP contribution is 2.22. The van der Waals surface area contributed by atoms with E-state index in [1.54, 1.807) is 20.8 Å². The molecule has 0 aliphatic carbocycles. The van der Waals surface area contributed by atoms with Gasteiger partial charge in [-0.25, -0.2) is 24.1 Å². The number of rotatable bonds is 1. The zero-order valence-corrected chi connectivity index (χ0v) is 11.3. The van der Waals surface area contributed by atoms with Gasteiger partial charge in [-0.1, -0.05) is 11.6 Å². The zero-order chi connectivity index (χ0) is 14.2. The monoisotopic (exact) mass is 285 g/mol. The molecule has 0 aliphatic rings. The molecule has 0 saturated heterocycles. The number of aromatic nitrogens is 4. The molecule has 0 bridgehead atoms. The van der Waals surface area contributed by atoms with Crippen molar-refractivity contribution in [2.24, 2.45) is 0 Å². The van der Waals surface area contributed by atoms with Crippen molar-refractivity contribution >= 4 is 29.0 Å². The lowest BCUT2D eigenvalue weighted by molar-refractivity contribution is 0.0636. The molecular formula is C10H12ClN5O3. The molecule has 1 amide bonds. The number of nitrogens with one attached hydrogen (secondary N) is 2. The summed E-state index contributed by atoms with van der Waals surface area (Å²) in [4.78, 5) is 26.8. The zero-order valence-electron chi connectivity index (χ0n) is 10.5. The van der Waals surface area contributed by atoms with Gasteiger partial charge in [-0.15, -0.1) is 0 Å². The number of H-pyrrole nitrogens is 1. The van der Waals surface area contributed by atoms with Crippen LogP contribution >= 0.6 is 11.6 Å². The number of carbonyl (C=O) groups is 1. The fraction of sp³-hybridized carbons (Fsp3) is 0.400. The Morgan fingerprint density at radius 2 is 2.21 bits per heavy atom. The van der Waals surface area contributed by atoms with Crippen molar-refractivity contribution in [1.82, 2.24) is 19.6 Å². The first-order valence-corrected chi connectivity index (χ1v) is 5.77. The first-order chi connectivity index (χ1) is 8.78. The van der Waals surface area contributed by atoms with E-state index in [9.17, 15) is 9.59 Å². The second-order valence-corrected chi connectivity index (χ2v) is 5.12. The van der Waals surface area contributed by atoms with Crippen molar-refractivity contribution in [2.75, 3.05) is 5.32 Å². The Balaban J connectivity index is 2.37. The van der Waals surface area contributed by atoms with E-state index in [0.29, 0.717) is 0 Å². The van der Waals surface area contributed by atoms with Crippen LogP contribution in [0.25, 0.3) is 5.65 Å². The van der Waals surface area contributed by atoms with Crippen molar-refractivity contribution < 1.29 is 9.53 Å². The Kier molecular flexibility index (Phi) is 3.19. The molecule has 0 unspecified atom stereocenters. The molecule has 0 aliphatic heterocycles. The Labute approximate surface area is 112 Å². The summed E-state index contributed by atoms with van der Waals surface area (Å²) in [6, 6.07) is 0. The minimum absolute atomic E-state index is 0.0114. The lowest BCUT2D eigenvalue weighted by atomic mass is 10.2. The lowest BCUT2D eigenvalue weighted by Crippen LogP contribution is -2.27. The third-order valence-corrected chi connectivity index (χ3v) is 2.33. The molecule has 2 aromatic heterocycles. The predicted octanol–water partition coefficient (Wildman–Crippen LogP) is 1.42. The molecule has 102 valence electrons. The second-order valence-electron chi connectivity index (χ2n) is 4.76. The van der Waals surface area contributed by atoms with Gasteiger partial charge >= 0.3 is 11.8 Å². The third-order valence-electron chi connectivity index (χ3n) is 2.05. The van der Waals surface area contributed by atoms with Crippen LogP contribution in [0.2, 0.25) is 5.15 Å². The molecule has 2 heterocycles. The second kappa shape index (κ2) is 4.54. The summed E-state index contributed by atoms with van der Waals surface area (Å²) in [5.74, 6) is 0. The van der Waals surface area contributed by atoms with E-state index in [2.05, 4.69) is 20.5 Å². The minimum Gasteiger partial charge on any atom is -0.444 e. The number of nitrogens with zero attached hydrogens (tertiary/aromatic N) is 3. The number of fused-ring (bicyclic) bond motifs is 1. The average molecular weight is 286 g/mol. The number of hydrogen-bond acceptors (Lipinski definition) is 5. The number of carbonyl (C=O) groups excluding carboxylic acids is 1. The Morgan fingerprint density at radius 1 is 1.53 bits per heavy atom. The normalized spacial score (nSPS) is 11.6. The number of anilines is 1. The van der Waals surface area contributed by atoms with E-state index in [-0.39, 0.29) is 16.5 Å². The van der Waals surface area contributed by atoms with Gasteiger partial charge in [0.25, 0.3) is 0 Å². The number of hydrogen-bond donors (Lipinski definition) is 2. The standard InChI is InChI=1S/C10H12ClN5O3/c1-10(2,3)19-9(18)13-5-6(11)12-4-16-7(5)14-15-8(16)17/h4H,1-3H3,(H,13,18)(H,15,17). The highest BCUT2D eigenvalue weighted by molar-refractivity contribution is 6.33. The highest BCUT2D eigenvalue weighted by Gasteiger charge is 2.20. The van der Waals surface area contributed by atoms with Gasteiger partial charge in [0.1, 0.15) is 17.6 Å². The van der Waals surface area contributed by atoms with E-state index in [4.69, 9.17) is 16.3 Å². The van der Waals surface area contributed by atoms with Gasteiger partial charge in [-0.3, -0.25) is 5.32 Å². The van der Waals surface area contributed by atoms with Gasteiger partial charge in [0.05, 0.1) is 0 Å². The molecule has 2 aromatic rings. The topological polar surface area (TPSA) is 101 Å². The lowest BCUT2D eigenvalue weighted by Gasteiger charge is -2.19. The van der Waals surface area contributed by atoms with Gasteiger partial charge in [0.2, 0.25) is 0 Å². The molecule has 0 spiro atoms. The molecule has 9 heteroatoms. The summed E-state index contributed by atoms with van der Waals surface area (Å²) in [6.07, 6.45) is 0.504. The van der Waals surface area contributed by atoms with Gasteiger partial charge < -0.3 is 4.74 Å². The molecule has 0 atom stereocenters. The Bertz CT molecular complexity index is 685. The molecule has 19 heavy (non-hydrogen) atoms. The predicted molar refractivity (Wildman–Crippen MR) is 68.5 cm³/mol. The maximum atomic E-state index is 11.7. The van der Waals surface area contributed by atoms with Crippen molar-refractivity contribution in [3.63, 3.8) is 0 Å². The van der Waals surface area contributed by atoms with Crippen LogP contribution in [0.4, 0.5) is 10.5 Å². The van der Waals surface area contributed by atoms with Gasteiger partial charge in [0.15, 0.2) is 10.8 Å². The SMILES string of the molecule is CC(C)(C)OC(=O)Nc1c(Cl)ncn2c(=O)[nH]nc12. The number of aromatic amines is 1. The molecule has 0 fully saturated rings. The van der Waals surface area contributed by atoms with Crippen molar-refractivity contribution in [3.05, 3.63) is 22.0 Å². The summed E-state index contributed by atoms with van der Waals surface area (Å²) >= 11 is 5.88. The van der Waals surface area contributed by atoms with E-state index >= 15 is 0 Å². The summed E-state index contributed by atoms with van der Waals surface area (Å²) in [5.41, 5.74) is -0.862. The summed E-state index contributed by atoms with van der Waals surface area (Å²) in [6.45, 7) is 5.18. The quantitative estimate of drug-likeness (QED) is 0.772. The first-order valence-electron chi connectivity index (χ1n) is 5.39. The van der Waals surface area contributed by atoms with Crippen molar-refractivity contribution in [3.8, 4) is 0 Å². The van der Waals surface area contributed by atoms with E-state index in [0.717, 1.165) is 4.40 Å². The van der Waals surface area contributed by atoms with E-state index in [1.807, 2.05) is 0 Å². The maximum Gasteiger partial charge on any atom is 0.412 e.